The smallest absolute Gasteiger partial charge is 0.243 e. The van der Waals surface area contributed by atoms with Gasteiger partial charge in [-0.05, 0) is 48.7 Å². The Balaban J connectivity index is 1.37. The lowest BCUT2D eigenvalue weighted by atomic mass is 10.0. The minimum Gasteiger partial charge on any atom is -0.493 e. The standard InChI is InChI=1S/C26H32N4O5/c1-34-23-9-5-19(15-24(23)35-2)22-8-10-26(33)30(28-22)16-18-3-6-20(7-4-18)27-25(32)17-29-13-11-21(31)12-14-29/h3-7,9,15,21,31H,8,10-14,16-17H2,1-2H3,(H,27,32). The molecule has 0 bridgehead atoms. The third kappa shape index (κ3) is 6.37. The molecule has 1 fully saturated rings. The van der Waals surface area contributed by atoms with Crippen molar-refractivity contribution >= 4 is 23.2 Å². The molecule has 0 atom stereocenters. The van der Waals surface area contributed by atoms with E-state index in [-0.39, 0.29) is 17.9 Å². The molecule has 2 aliphatic heterocycles. The van der Waals surface area contributed by atoms with E-state index in [9.17, 15) is 14.7 Å². The van der Waals surface area contributed by atoms with E-state index in [0.717, 1.165) is 29.9 Å². The molecule has 0 aliphatic carbocycles. The Kier molecular flexibility index (Phi) is 7.99. The Bertz CT molecular complexity index is 1080. The van der Waals surface area contributed by atoms with E-state index in [0.29, 0.717) is 56.0 Å². The highest BCUT2D eigenvalue weighted by molar-refractivity contribution is 6.04. The molecule has 1 saturated heterocycles. The molecule has 2 amide bonds. The fourth-order valence-electron chi connectivity index (χ4n) is 4.29. The van der Waals surface area contributed by atoms with Crippen LogP contribution in [0.2, 0.25) is 0 Å². The van der Waals surface area contributed by atoms with E-state index in [1.54, 1.807) is 14.2 Å². The van der Waals surface area contributed by atoms with Crippen molar-refractivity contribution in [3.05, 3.63) is 53.6 Å². The molecular weight excluding hydrogens is 448 g/mol. The van der Waals surface area contributed by atoms with Gasteiger partial charge in [0, 0.05) is 37.2 Å². The van der Waals surface area contributed by atoms with Crippen LogP contribution in [-0.4, -0.2) is 72.5 Å². The number of aliphatic hydroxyl groups excluding tert-OH is 1. The van der Waals surface area contributed by atoms with Crippen molar-refractivity contribution in [2.75, 3.05) is 39.2 Å². The minimum atomic E-state index is -0.256. The molecule has 2 aromatic carbocycles. The molecule has 35 heavy (non-hydrogen) atoms. The monoisotopic (exact) mass is 480 g/mol. The number of benzene rings is 2. The number of aliphatic hydroxyl groups is 1. The molecule has 9 nitrogen and oxygen atoms in total. The van der Waals surface area contributed by atoms with Gasteiger partial charge in [0.15, 0.2) is 11.5 Å². The molecule has 2 heterocycles. The molecule has 0 radical (unpaired) electrons. The zero-order chi connectivity index (χ0) is 24.8. The number of likely N-dealkylation sites (tertiary alicyclic amines) is 1. The second-order valence-electron chi connectivity index (χ2n) is 8.82. The molecule has 186 valence electrons. The maximum atomic E-state index is 12.5. The molecule has 0 spiro atoms. The second-order valence-corrected chi connectivity index (χ2v) is 8.82. The van der Waals surface area contributed by atoms with E-state index in [2.05, 4.69) is 10.4 Å². The Labute approximate surface area is 205 Å². The van der Waals surface area contributed by atoms with Gasteiger partial charge in [0.25, 0.3) is 0 Å². The first kappa shape index (κ1) is 24.7. The maximum Gasteiger partial charge on any atom is 0.243 e. The van der Waals surface area contributed by atoms with Gasteiger partial charge >= 0.3 is 0 Å². The van der Waals surface area contributed by atoms with Gasteiger partial charge in [-0.1, -0.05) is 12.1 Å². The topological polar surface area (TPSA) is 104 Å². The molecular formula is C26H32N4O5. The number of carbonyl (C=O) groups is 2. The fraction of sp³-hybridized carbons (Fsp3) is 0.423. The SMILES string of the molecule is COc1ccc(C2=NN(Cc3ccc(NC(=O)CN4CCC(O)CC4)cc3)C(=O)CC2)cc1OC. The molecule has 2 aliphatic rings. The van der Waals surface area contributed by atoms with Crippen LogP contribution in [0.15, 0.2) is 47.6 Å². The second kappa shape index (κ2) is 11.3. The molecule has 2 N–H and O–H groups in total. The normalized spacial score (nSPS) is 17.2. The zero-order valence-corrected chi connectivity index (χ0v) is 20.2. The van der Waals surface area contributed by atoms with Crippen LogP contribution in [-0.2, 0) is 16.1 Å². The number of carbonyl (C=O) groups excluding carboxylic acids is 2. The summed E-state index contributed by atoms with van der Waals surface area (Å²) in [5.41, 5.74) is 3.33. The number of ether oxygens (including phenoxy) is 2. The van der Waals surface area contributed by atoms with Crippen LogP contribution in [0.5, 0.6) is 11.5 Å². The number of rotatable bonds is 8. The summed E-state index contributed by atoms with van der Waals surface area (Å²) < 4.78 is 10.7. The summed E-state index contributed by atoms with van der Waals surface area (Å²) >= 11 is 0. The van der Waals surface area contributed by atoms with Crippen molar-refractivity contribution in [1.82, 2.24) is 9.91 Å². The van der Waals surface area contributed by atoms with Crippen molar-refractivity contribution in [2.45, 2.75) is 38.3 Å². The average Bonchev–Trinajstić information content (AvgIpc) is 2.87. The van der Waals surface area contributed by atoms with Crippen LogP contribution < -0.4 is 14.8 Å². The van der Waals surface area contributed by atoms with Crippen LogP contribution in [0.4, 0.5) is 5.69 Å². The summed E-state index contributed by atoms with van der Waals surface area (Å²) in [6.07, 6.45) is 2.09. The van der Waals surface area contributed by atoms with Gasteiger partial charge in [-0.3, -0.25) is 14.5 Å². The maximum absolute atomic E-state index is 12.5. The van der Waals surface area contributed by atoms with Crippen LogP contribution in [0.1, 0.15) is 36.8 Å². The Morgan fingerprint density at radius 3 is 2.46 bits per heavy atom. The largest absolute Gasteiger partial charge is 0.493 e. The first-order chi connectivity index (χ1) is 16.9. The van der Waals surface area contributed by atoms with Crippen molar-refractivity contribution < 1.29 is 24.2 Å². The number of hydrazone groups is 1. The highest BCUT2D eigenvalue weighted by Crippen LogP contribution is 2.29. The number of hydrogen-bond acceptors (Lipinski definition) is 7. The summed E-state index contributed by atoms with van der Waals surface area (Å²) in [5.74, 6) is 1.15. The number of amides is 2. The molecule has 9 heteroatoms. The van der Waals surface area contributed by atoms with Gasteiger partial charge < -0.3 is 19.9 Å². The Morgan fingerprint density at radius 1 is 1.06 bits per heavy atom. The van der Waals surface area contributed by atoms with E-state index < -0.39 is 0 Å². The number of piperidine rings is 1. The Hall–Kier alpha value is -3.43. The summed E-state index contributed by atoms with van der Waals surface area (Å²) in [7, 11) is 3.18. The number of anilines is 1. The van der Waals surface area contributed by atoms with E-state index in [1.807, 2.05) is 47.4 Å². The highest BCUT2D eigenvalue weighted by atomic mass is 16.5. The molecule has 2 aromatic rings. The van der Waals surface area contributed by atoms with Crippen molar-refractivity contribution in [3.63, 3.8) is 0 Å². The molecule has 0 saturated carbocycles. The minimum absolute atomic E-state index is 0.0294. The van der Waals surface area contributed by atoms with Crippen molar-refractivity contribution in [1.29, 1.82) is 0 Å². The number of nitrogens with zero attached hydrogens (tertiary/aromatic N) is 3. The van der Waals surface area contributed by atoms with Crippen molar-refractivity contribution in [3.8, 4) is 11.5 Å². The third-order valence-electron chi connectivity index (χ3n) is 6.32. The lowest BCUT2D eigenvalue weighted by Gasteiger charge is -2.28. The summed E-state index contributed by atoms with van der Waals surface area (Å²) in [6.45, 7) is 2.11. The third-order valence-corrected chi connectivity index (χ3v) is 6.32. The predicted molar refractivity (Wildman–Crippen MR) is 133 cm³/mol. The Morgan fingerprint density at radius 2 is 1.77 bits per heavy atom. The number of methoxy groups -OCH3 is 2. The number of hydrogen-bond donors (Lipinski definition) is 2. The van der Waals surface area contributed by atoms with E-state index in [4.69, 9.17) is 9.47 Å². The van der Waals surface area contributed by atoms with Crippen LogP contribution in [0.3, 0.4) is 0 Å². The van der Waals surface area contributed by atoms with Gasteiger partial charge in [-0.25, -0.2) is 5.01 Å². The zero-order valence-electron chi connectivity index (χ0n) is 20.2. The van der Waals surface area contributed by atoms with E-state index >= 15 is 0 Å². The quantitative estimate of drug-likeness (QED) is 0.602. The highest BCUT2D eigenvalue weighted by Gasteiger charge is 2.23. The van der Waals surface area contributed by atoms with Crippen LogP contribution >= 0.6 is 0 Å². The van der Waals surface area contributed by atoms with Gasteiger partial charge in [-0.15, -0.1) is 0 Å². The lowest BCUT2D eigenvalue weighted by molar-refractivity contribution is -0.132. The van der Waals surface area contributed by atoms with Crippen molar-refractivity contribution in [2.24, 2.45) is 5.10 Å². The first-order valence-corrected chi connectivity index (χ1v) is 11.8. The lowest BCUT2D eigenvalue weighted by Crippen LogP contribution is -2.40. The van der Waals surface area contributed by atoms with Gasteiger partial charge in [0.05, 0.1) is 39.1 Å². The number of nitrogens with one attached hydrogen (secondary N) is 1. The first-order valence-electron chi connectivity index (χ1n) is 11.8. The summed E-state index contributed by atoms with van der Waals surface area (Å²) in [5, 5.41) is 18.6. The van der Waals surface area contributed by atoms with Gasteiger partial charge in [-0.2, -0.15) is 5.10 Å². The average molecular weight is 481 g/mol. The van der Waals surface area contributed by atoms with Gasteiger partial charge in [0.2, 0.25) is 11.8 Å². The van der Waals surface area contributed by atoms with Crippen LogP contribution in [0.25, 0.3) is 0 Å². The van der Waals surface area contributed by atoms with Gasteiger partial charge in [0.1, 0.15) is 0 Å². The summed E-state index contributed by atoms with van der Waals surface area (Å²) in [6, 6.07) is 13.1. The molecule has 0 unspecified atom stereocenters. The molecule has 4 rings (SSSR count). The molecule has 0 aromatic heterocycles. The summed E-state index contributed by atoms with van der Waals surface area (Å²) in [4.78, 5) is 26.9. The van der Waals surface area contributed by atoms with Crippen LogP contribution in [0, 0.1) is 0 Å². The fourth-order valence-corrected chi connectivity index (χ4v) is 4.29. The van der Waals surface area contributed by atoms with E-state index in [1.165, 1.54) is 5.01 Å². The predicted octanol–water partition coefficient (Wildman–Crippen LogP) is 2.63.